The number of halogens is 1. The van der Waals surface area contributed by atoms with Gasteiger partial charge in [0.2, 0.25) is 0 Å². The standard InChI is InChI=1S/C23H29ClN2O3/c1-3-28-21-10-7-18(15-22(21)29-4-2)23(27)25-20-11-13-26(14-12-20)16-17-5-8-19(24)9-6-17/h5-10,15,20H,3-4,11-14,16H2,1-2H3,(H,25,27). The molecular formula is C23H29ClN2O3. The van der Waals surface area contributed by atoms with Crippen LogP contribution in [0, 0.1) is 0 Å². The zero-order chi connectivity index (χ0) is 20.6. The first kappa shape index (κ1) is 21.5. The molecule has 1 aliphatic rings. The molecule has 1 fully saturated rings. The van der Waals surface area contributed by atoms with E-state index >= 15 is 0 Å². The molecule has 0 spiro atoms. The van der Waals surface area contributed by atoms with Crippen LogP contribution >= 0.6 is 11.6 Å². The minimum atomic E-state index is -0.0647. The summed E-state index contributed by atoms with van der Waals surface area (Å²) >= 11 is 5.96. The minimum absolute atomic E-state index is 0.0647. The van der Waals surface area contributed by atoms with E-state index in [0.29, 0.717) is 30.3 Å². The number of hydrogen-bond donors (Lipinski definition) is 1. The summed E-state index contributed by atoms with van der Waals surface area (Å²) in [6.45, 7) is 7.75. The number of carbonyl (C=O) groups excluding carboxylic acids is 1. The molecule has 156 valence electrons. The Hall–Kier alpha value is -2.24. The molecule has 0 aliphatic carbocycles. The summed E-state index contributed by atoms with van der Waals surface area (Å²) in [6, 6.07) is 13.5. The summed E-state index contributed by atoms with van der Waals surface area (Å²) in [5, 5.41) is 3.93. The summed E-state index contributed by atoms with van der Waals surface area (Å²) in [7, 11) is 0. The lowest BCUT2D eigenvalue weighted by Crippen LogP contribution is -2.44. The van der Waals surface area contributed by atoms with Gasteiger partial charge >= 0.3 is 0 Å². The van der Waals surface area contributed by atoms with Gasteiger partial charge in [0.05, 0.1) is 13.2 Å². The quantitative estimate of drug-likeness (QED) is 0.686. The van der Waals surface area contributed by atoms with Crippen LogP contribution in [0.25, 0.3) is 0 Å². The summed E-state index contributed by atoms with van der Waals surface area (Å²) in [6.07, 6.45) is 1.88. The van der Waals surface area contributed by atoms with Gasteiger partial charge in [-0.1, -0.05) is 23.7 Å². The van der Waals surface area contributed by atoms with E-state index < -0.39 is 0 Å². The molecule has 29 heavy (non-hydrogen) atoms. The van der Waals surface area contributed by atoms with Crippen LogP contribution in [0.15, 0.2) is 42.5 Å². The van der Waals surface area contributed by atoms with Crippen LogP contribution in [0.3, 0.4) is 0 Å². The Bertz CT molecular complexity index is 802. The number of hydrogen-bond acceptors (Lipinski definition) is 4. The summed E-state index contributed by atoms with van der Waals surface area (Å²) in [5.41, 5.74) is 1.86. The molecule has 5 nitrogen and oxygen atoms in total. The topological polar surface area (TPSA) is 50.8 Å². The minimum Gasteiger partial charge on any atom is -0.490 e. The van der Waals surface area contributed by atoms with E-state index in [4.69, 9.17) is 21.1 Å². The highest BCUT2D eigenvalue weighted by molar-refractivity contribution is 6.30. The molecule has 1 N–H and O–H groups in total. The van der Waals surface area contributed by atoms with Crippen molar-refractivity contribution >= 4 is 17.5 Å². The maximum Gasteiger partial charge on any atom is 0.251 e. The normalized spacial score (nSPS) is 15.1. The molecule has 0 bridgehead atoms. The van der Waals surface area contributed by atoms with Crippen LogP contribution in [0.1, 0.15) is 42.6 Å². The average molecular weight is 417 g/mol. The van der Waals surface area contributed by atoms with Crippen molar-refractivity contribution in [2.45, 2.75) is 39.3 Å². The molecule has 2 aromatic carbocycles. The number of rotatable bonds is 8. The van der Waals surface area contributed by atoms with Gasteiger partial charge in [-0.05, 0) is 62.6 Å². The third-order valence-corrected chi connectivity index (χ3v) is 5.30. The van der Waals surface area contributed by atoms with Crippen molar-refractivity contribution in [1.29, 1.82) is 0 Å². The van der Waals surface area contributed by atoms with E-state index in [-0.39, 0.29) is 11.9 Å². The molecule has 0 radical (unpaired) electrons. The van der Waals surface area contributed by atoms with Gasteiger partial charge in [-0.15, -0.1) is 0 Å². The summed E-state index contributed by atoms with van der Waals surface area (Å²) in [4.78, 5) is 15.1. The molecule has 2 aromatic rings. The van der Waals surface area contributed by atoms with Crippen LogP contribution in [0.2, 0.25) is 5.02 Å². The van der Waals surface area contributed by atoms with E-state index in [1.54, 1.807) is 18.2 Å². The van der Waals surface area contributed by atoms with E-state index in [1.807, 2.05) is 26.0 Å². The van der Waals surface area contributed by atoms with Crippen LogP contribution in [0.5, 0.6) is 11.5 Å². The molecule has 1 amide bonds. The number of nitrogens with zero attached hydrogens (tertiary/aromatic N) is 1. The third-order valence-electron chi connectivity index (χ3n) is 5.05. The number of carbonyl (C=O) groups is 1. The monoisotopic (exact) mass is 416 g/mol. The van der Waals surface area contributed by atoms with E-state index in [1.165, 1.54) is 5.56 Å². The lowest BCUT2D eigenvalue weighted by Gasteiger charge is -2.32. The Morgan fingerprint density at radius 3 is 2.34 bits per heavy atom. The number of likely N-dealkylation sites (tertiary alicyclic amines) is 1. The number of amides is 1. The van der Waals surface area contributed by atoms with Gasteiger partial charge < -0.3 is 14.8 Å². The molecule has 1 aliphatic heterocycles. The van der Waals surface area contributed by atoms with Crippen molar-refractivity contribution in [1.82, 2.24) is 10.2 Å². The molecule has 0 saturated carbocycles. The fourth-order valence-electron chi connectivity index (χ4n) is 3.54. The molecule has 0 unspecified atom stereocenters. The zero-order valence-electron chi connectivity index (χ0n) is 17.1. The summed E-state index contributed by atoms with van der Waals surface area (Å²) in [5.74, 6) is 1.21. The molecule has 3 rings (SSSR count). The second-order valence-corrected chi connectivity index (χ2v) is 7.61. The summed E-state index contributed by atoms with van der Waals surface area (Å²) < 4.78 is 11.2. The van der Waals surface area contributed by atoms with Crippen molar-refractivity contribution < 1.29 is 14.3 Å². The van der Waals surface area contributed by atoms with Crippen molar-refractivity contribution in [2.75, 3.05) is 26.3 Å². The van der Waals surface area contributed by atoms with Crippen LogP contribution in [0.4, 0.5) is 0 Å². The van der Waals surface area contributed by atoms with Crippen molar-refractivity contribution in [2.24, 2.45) is 0 Å². The Morgan fingerprint density at radius 2 is 1.69 bits per heavy atom. The van der Waals surface area contributed by atoms with E-state index in [2.05, 4.69) is 22.3 Å². The first-order valence-corrected chi connectivity index (χ1v) is 10.6. The van der Waals surface area contributed by atoms with Gasteiger partial charge in [0.15, 0.2) is 11.5 Å². The number of benzene rings is 2. The SMILES string of the molecule is CCOc1ccc(C(=O)NC2CCN(Cc3ccc(Cl)cc3)CC2)cc1OCC. The number of piperidine rings is 1. The van der Waals surface area contributed by atoms with Crippen LogP contribution < -0.4 is 14.8 Å². The van der Waals surface area contributed by atoms with Gasteiger partial charge in [0.25, 0.3) is 5.91 Å². The average Bonchev–Trinajstić information content (AvgIpc) is 2.73. The van der Waals surface area contributed by atoms with Crippen LogP contribution in [-0.2, 0) is 6.54 Å². The largest absolute Gasteiger partial charge is 0.490 e. The number of nitrogens with one attached hydrogen (secondary N) is 1. The maximum atomic E-state index is 12.7. The predicted octanol–water partition coefficient (Wildman–Crippen LogP) is 4.53. The molecule has 0 aromatic heterocycles. The smallest absolute Gasteiger partial charge is 0.251 e. The Balaban J connectivity index is 1.52. The third kappa shape index (κ3) is 6.12. The van der Waals surface area contributed by atoms with Crippen LogP contribution in [-0.4, -0.2) is 43.2 Å². The molecule has 6 heteroatoms. The molecule has 1 saturated heterocycles. The van der Waals surface area contributed by atoms with E-state index in [9.17, 15) is 4.79 Å². The van der Waals surface area contributed by atoms with Crippen molar-refractivity contribution in [3.8, 4) is 11.5 Å². The van der Waals surface area contributed by atoms with Crippen molar-refractivity contribution in [3.05, 3.63) is 58.6 Å². The molecule has 0 atom stereocenters. The lowest BCUT2D eigenvalue weighted by atomic mass is 10.0. The molecular weight excluding hydrogens is 388 g/mol. The maximum absolute atomic E-state index is 12.7. The predicted molar refractivity (Wildman–Crippen MR) is 116 cm³/mol. The Morgan fingerprint density at radius 1 is 1.03 bits per heavy atom. The highest BCUT2D eigenvalue weighted by Gasteiger charge is 2.22. The zero-order valence-corrected chi connectivity index (χ0v) is 17.9. The first-order chi connectivity index (χ1) is 14.1. The van der Waals surface area contributed by atoms with Gasteiger partial charge in [0, 0.05) is 36.3 Å². The van der Waals surface area contributed by atoms with Gasteiger partial charge in [0.1, 0.15) is 0 Å². The van der Waals surface area contributed by atoms with Gasteiger partial charge in [-0.25, -0.2) is 0 Å². The number of ether oxygens (including phenoxy) is 2. The van der Waals surface area contributed by atoms with Gasteiger partial charge in [-0.2, -0.15) is 0 Å². The highest BCUT2D eigenvalue weighted by atomic mass is 35.5. The first-order valence-electron chi connectivity index (χ1n) is 10.3. The fraction of sp³-hybridized carbons (Fsp3) is 0.435. The van der Waals surface area contributed by atoms with E-state index in [0.717, 1.165) is 37.5 Å². The van der Waals surface area contributed by atoms with Crippen molar-refractivity contribution in [3.63, 3.8) is 0 Å². The fourth-order valence-corrected chi connectivity index (χ4v) is 3.67. The second kappa shape index (κ2) is 10.5. The molecule has 1 heterocycles. The highest BCUT2D eigenvalue weighted by Crippen LogP contribution is 2.28. The lowest BCUT2D eigenvalue weighted by molar-refractivity contribution is 0.0908. The van der Waals surface area contributed by atoms with Gasteiger partial charge in [-0.3, -0.25) is 9.69 Å². The Kier molecular flexibility index (Phi) is 7.78. The Labute approximate surface area is 177 Å². The second-order valence-electron chi connectivity index (χ2n) is 7.18.